The van der Waals surface area contributed by atoms with Gasteiger partial charge in [-0.3, -0.25) is 4.79 Å². The average Bonchev–Trinajstić information content (AvgIpc) is 2.46. The first kappa shape index (κ1) is 18.0. The molecule has 3 nitrogen and oxygen atoms in total. The van der Waals surface area contributed by atoms with Gasteiger partial charge in [-0.05, 0) is 49.9 Å². The monoisotopic (exact) mass is 310 g/mol. The van der Waals surface area contributed by atoms with Crippen LogP contribution < -0.4 is 11.1 Å². The van der Waals surface area contributed by atoms with Crippen LogP contribution >= 0.6 is 11.6 Å². The SMILES string of the molecule is CCCC(CCN)CCC(=O)N[C@H](C)c1ccc(Cl)cc1. The standard InChI is InChI=1S/C17H27ClN2O/c1-3-4-14(11-12-19)5-10-17(21)20-13(2)15-6-8-16(18)9-7-15/h6-9,13-14H,3-5,10-12,19H2,1-2H3,(H,20,21)/t13-,14?/m1/s1. The lowest BCUT2D eigenvalue weighted by molar-refractivity contribution is -0.122. The molecule has 0 aliphatic rings. The highest BCUT2D eigenvalue weighted by molar-refractivity contribution is 6.30. The van der Waals surface area contributed by atoms with Gasteiger partial charge in [-0.1, -0.05) is 43.5 Å². The molecule has 1 aromatic carbocycles. The van der Waals surface area contributed by atoms with Crippen molar-refractivity contribution in [1.82, 2.24) is 5.32 Å². The second-order valence-electron chi connectivity index (χ2n) is 5.61. The molecule has 2 atom stereocenters. The zero-order valence-corrected chi connectivity index (χ0v) is 13.8. The van der Waals surface area contributed by atoms with Crippen LogP contribution in [0.1, 0.15) is 57.6 Å². The van der Waals surface area contributed by atoms with Crippen molar-refractivity contribution < 1.29 is 4.79 Å². The number of nitrogens with two attached hydrogens (primary N) is 1. The Labute approximate surface area is 133 Å². The topological polar surface area (TPSA) is 55.1 Å². The third-order valence-electron chi connectivity index (χ3n) is 3.80. The number of hydrogen-bond acceptors (Lipinski definition) is 2. The van der Waals surface area contributed by atoms with Gasteiger partial charge in [0.25, 0.3) is 0 Å². The molecule has 0 heterocycles. The summed E-state index contributed by atoms with van der Waals surface area (Å²) in [5.41, 5.74) is 6.69. The summed E-state index contributed by atoms with van der Waals surface area (Å²) in [6.45, 7) is 4.87. The molecule has 0 radical (unpaired) electrons. The molecule has 1 aromatic rings. The molecule has 0 bridgehead atoms. The summed E-state index contributed by atoms with van der Waals surface area (Å²) in [4.78, 5) is 12.0. The van der Waals surface area contributed by atoms with Gasteiger partial charge in [0.2, 0.25) is 5.91 Å². The summed E-state index contributed by atoms with van der Waals surface area (Å²) in [5, 5.41) is 3.75. The van der Waals surface area contributed by atoms with Gasteiger partial charge in [0.1, 0.15) is 0 Å². The van der Waals surface area contributed by atoms with Crippen LogP contribution in [0.4, 0.5) is 0 Å². The lowest BCUT2D eigenvalue weighted by Crippen LogP contribution is -2.27. The normalized spacial score (nSPS) is 13.7. The number of amides is 1. The van der Waals surface area contributed by atoms with E-state index in [-0.39, 0.29) is 11.9 Å². The molecule has 0 saturated heterocycles. The predicted octanol–water partition coefficient (Wildman–Crippen LogP) is 4.06. The molecular weight excluding hydrogens is 284 g/mol. The van der Waals surface area contributed by atoms with E-state index in [1.165, 1.54) is 0 Å². The van der Waals surface area contributed by atoms with Crippen molar-refractivity contribution >= 4 is 17.5 Å². The Balaban J connectivity index is 2.40. The predicted molar refractivity (Wildman–Crippen MR) is 89.3 cm³/mol. The minimum atomic E-state index is 0.00824. The lowest BCUT2D eigenvalue weighted by atomic mass is 9.94. The second-order valence-corrected chi connectivity index (χ2v) is 6.05. The number of hydrogen-bond donors (Lipinski definition) is 2. The first-order valence-electron chi connectivity index (χ1n) is 7.81. The molecule has 0 spiro atoms. The van der Waals surface area contributed by atoms with Crippen LogP contribution in [0.3, 0.4) is 0 Å². The van der Waals surface area contributed by atoms with E-state index in [2.05, 4.69) is 12.2 Å². The zero-order valence-electron chi connectivity index (χ0n) is 13.1. The van der Waals surface area contributed by atoms with E-state index >= 15 is 0 Å². The minimum absolute atomic E-state index is 0.00824. The van der Waals surface area contributed by atoms with Crippen LogP contribution in [0.5, 0.6) is 0 Å². The largest absolute Gasteiger partial charge is 0.350 e. The molecular formula is C17H27ClN2O. The van der Waals surface area contributed by atoms with Gasteiger partial charge < -0.3 is 11.1 Å². The van der Waals surface area contributed by atoms with E-state index in [1.807, 2.05) is 31.2 Å². The van der Waals surface area contributed by atoms with Crippen molar-refractivity contribution in [3.63, 3.8) is 0 Å². The number of carbonyl (C=O) groups is 1. The van der Waals surface area contributed by atoms with Gasteiger partial charge >= 0.3 is 0 Å². The van der Waals surface area contributed by atoms with Gasteiger partial charge in [-0.2, -0.15) is 0 Å². The van der Waals surface area contributed by atoms with Crippen molar-refractivity contribution in [2.45, 2.75) is 52.0 Å². The van der Waals surface area contributed by atoms with Crippen LogP contribution in [0.2, 0.25) is 5.02 Å². The first-order chi connectivity index (χ1) is 10.1. The van der Waals surface area contributed by atoms with E-state index in [1.54, 1.807) is 0 Å². The van der Waals surface area contributed by atoms with E-state index in [4.69, 9.17) is 17.3 Å². The van der Waals surface area contributed by atoms with E-state index < -0.39 is 0 Å². The second kappa shape index (κ2) is 9.80. The zero-order chi connectivity index (χ0) is 15.7. The summed E-state index contributed by atoms with van der Waals surface area (Å²) < 4.78 is 0. The summed E-state index contributed by atoms with van der Waals surface area (Å²) >= 11 is 5.87. The molecule has 4 heteroatoms. The van der Waals surface area contributed by atoms with Gasteiger partial charge in [-0.25, -0.2) is 0 Å². The van der Waals surface area contributed by atoms with Crippen molar-refractivity contribution in [1.29, 1.82) is 0 Å². The molecule has 0 aliphatic heterocycles. The highest BCUT2D eigenvalue weighted by atomic mass is 35.5. The maximum Gasteiger partial charge on any atom is 0.220 e. The first-order valence-corrected chi connectivity index (χ1v) is 8.19. The Kier molecular flexibility index (Phi) is 8.40. The van der Waals surface area contributed by atoms with Crippen molar-refractivity contribution in [3.8, 4) is 0 Å². The van der Waals surface area contributed by atoms with E-state index in [0.29, 0.717) is 23.9 Å². The highest BCUT2D eigenvalue weighted by Crippen LogP contribution is 2.19. The Hall–Kier alpha value is -1.06. The number of rotatable bonds is 9. The Bertz CT molecular complexity index is 413. The van der Waals surface area contributed by atoms with Crippen molar-refractivity contribution in [2.24, 2.45) is 11.7 Å². The van der Waals surface area contributed by atoms with Gasteiger partial charge in [0.15, 0.2) is 0 Å². The molecule has 3 N–H and O–H groups in total. The Morgan fingerprint density at radius 1 is 1.24 bits per heavy atom. The van der Waals surface area contributed by atoms with Crippen LogP contribution in [0.25, 0.3) is 0 Å². The van der Waals surface area contributed by atoms with Crippen molar-refractivity contribution in [2.75, 3.05) is 6.54 Å². The molecule has 0 saturated carbocycles. The number of halogens is 1. The van der Waals surface area contributed by atoms with Crippen molar-refractivity contribution in [3.05, 3.63) is 34.9 Å². The van der Waals surface area contributed by atoms with E-state index in [9.17, 15) is 4.79 Å². The number of nitrogens with one attached hydrogen (secondary N) is 1. The maximum atomic E-state index is 12.0. The Morgan fingerprint density at radius 2 is 1.90 bits per heavy atom. The number of carbonyl (C=O) groups excluding carboxylic acids is 1. The van der Waals surface area contributed by atoms with Crippen LogP contribution in [0.15, 0.2) is 24.3 Å². The fourth-order valence-corrected chi connectivity index (χ4v) is 2.69. The molecule has 1 amide bonds. The average molecular weight is 311 g/mol. The molecule has 1 rings (SSSR count). The van der Waals surface area contributed by atoms with Gasteiger partial charge in [0, 0.05) is 11.4 Å². The van der Waals surface area contributed by atoms with Gasteiger partial charge in [-0.15, -0.1) is 0 Å². The minimum Gasteiger partial charge on any atom is -0.350 e. The summed E-state index contributed by atoms with van der Waals surface area (Å²) in [6.07, 6.45) is 4.80. The third kappa shape index (κ3) is 6.96. The lowest BCUT2D eigenvalue weighted by Gasteiger charge is -2.17. The van der Waals surface area contributed by atoms with E-state index in [0.717, 1.165) is 31.2 Å². The van der Waals surface area contributed by atoms with Gasteiger partial charge in [0.05, 0.1) is 6.04 Å². The summed E-state index contributed by atoms with van der Waals surface area (Å²) in [6, 6.07) is 7.59. The molecule has 0 fully saturated rings. The summed E-state index contributed by atoms with van der Waals surface area (Å²) in [7, 11) is 0. The van der Waals surface area contributed by atoms with Crippen LogP contribution in [0, 0.1) is 5.92 Å². The molecule has 118 valence electrons. The fourth-order valence-electron chi connectivity index (χ4n) is 2.56. The number of benzene rings is 1. The Morgan fingerprint density at radius 3 is 2.48 bits per heavy atom. The molecule has 0 aromatic heterocycles. The fraction of sp³-hybridized carbons (Fsp3) is 0.588. The molecule has 1 unspecified atom stereocenters. The van der Waals surface area contributed by atoms with Crippen LogP contribution in [-0.4, -0.2) is 12.5 Å². The quantitative estimate of drug-likeness (QED) is 0.722. The third-order valence-corrected chi connectivity index (χ3v) is 4.05. The highest BCUT2D eigenvalue weighted by Gasteiger charge is 2.13. The maximum absolute atomic E-state index is 12.0. The molecule has 0 aliphatic carbocycles. The summed E-state index contributed by atoms with van der Waals surface area (Å²) in [5.74, 6) is 0.673. The smallest absolute Gasteiger partial charge is 0.220 e. The molecule has 21 heavy (non-hydrogen) atoms. The van der Waals surface area contributed by atoms with Crippen LogP contribution in [-0.2, 0) is 4.79 Å².